The number of fused-ring (bicyclic) bond motifs is 1. The van der Waals surface area contributed by atoms with Crippen molar-refractivity contribution in [3.8, 4) is 11.1 Å². The van der Waals surface area contributed by atoms with E-state index >= 15 is 0 Å². The minimum atomic E-state index is -0.676. The summed E-state index contributed by atoms with van der Waals surface area (Å²) in [4.78, 5) is 57.9. The van der Waals surface area contributed by atoms with E-state index in [0.717, 1.165) is 36.3 Å². The number of rotatable bonds is 8. The van der Waals surface area contributed by atoms with Crippen LogP contribution in [0.3, 0.4) is 0 Å². The molecule has 4 aromatic rings. The summed E-state index contributed by atoms with van der Waals surface area (Å²) in [6, 6.07) is 8.71. The Hall–Kier alpha value is -4.03. The molecular formula is C34H39BrN8O3. The number of pyridine rings is 1. The SMILES string of the molecule is CC(=O)c1nn(CC(=O)N2CC(C)(CN3CCCCC3)CC2C(=O)Nc2nc(Br)ccc2C)c2ccc(-c3cnc(C)nc3)cc12. The Morgan fingerprint density at radius 3 is 2.48 bits per heavy atom. The molecular weight excluding hydrogens is 648 g/mol. The third-order valence-corrected chi connectivity index (χ3v) is 9.52. The van der Waals surface area contributed by atoms with Crippen LogP contribution in [-0.2, 0) is 16.1 Å². The van der Waals surface area contributed by atoms with Gasteiger partial charge in [-0.25, -0.2) is 15.0 Å². The molecule has 2 fully saturated rings. The average molecular weight is 688 g/mol. The number of aryl methyl sites for hydroxylation is 2. The van der Waals surface area contributed by atoms with Crippen molar-refractivity contribution in [1.29, 1.82) is 0 Å². The molecule has 0 aliphatic carbocycles. The lowest BCUT2D eigenvalue weighted by molar-refractivity contribution is -0.137. The number of piperidine rings is 1. The van der Waals surface area contributed by atoms with Crippen LogP contribution in [0.15, 0.2) is 47.3 Å². The molecule has 0 saturated carbocycles. The first-order chi connectivity index (χ1) is 22.0. The number of Topliss-reactive ketones (excluding diaryl/α,β-unsaturated/α-hetero) is 1. The topological polar surface area (TPSA) is 126 Å². The second-order valence-electron chi connectivity index (χ2n) is 13.0. The lowest BCUT2D eigenvalue weighted by Gasteiger charge is -2.34. The molecule has 6 rings (SSSR count). The maximum absolute atomic E-state index is 14.2. The molecule has 0 radical (unpaired) electrons. The molecule has 0 spiro atoms. The first kappa shape index (κ1) is 31.9. The highest BCUT2D eigenvalue weighted by Gasteiger charge is 2.47. The Morgan fingerprint density at radius 1 is 1.02 bits per heavy atom. The number of anilines is 1. The van der Waals surface area contributed by atoms with E-state index in [-0.39, 0.29) is 29.6 Å². The zero-order valence-electron chi connectivity index (χ0n) is 26.7. The molecule has 11 nitrogen and oxygen atoms in total. The number of aromatic nitrogens is 5. The number of carbonyl (C=O) groups excluding carboxylic acids is 3. The van der Waals surface area contributed by atoms with E-state index in [1.807, 2.05) is 44.2 Å². The third kappa shape index (κ3) is 6.73. The van der Waals surface area contributed by atoms with Gasteiger partial charge in [0.25, 0.3) is 0 Å². The van der Waals surface area contributed by atoms with E-state index in [1.54, 1.807) is 22.0 Å². The number of halogens is 1. The highest BCUT2D eigenvalue weighted by atomic mass is 79.9. The highest BCUT2D eigenvalue weighted by molar-refractivity contribution is 9.10. The lowest BCUT2D eigenvalue weighted by atomic mass is 9.86. The van der Waals surface area contributed by atoms with E-state index in [0.29, 0.717) is 45.8 Å². The molecule has 240 valence electrons. The molecule has 2 aliphatic rings. The summed E-state index contributed by atoms with van der Waals surface area (Å²) in [5.74, 6) is 0.457. The summed E-state index contributed by atoms with van der Waals surface area (Å²) in [7, 11) is 0. The Morgan fingerprint density at radius 2 is 1.76 bits per heavy atom. The van der Waals surface area contributed by atoms with Crippen LogP contribution in [0, 0.1) is 19.3 Å². The van der Waals surface area contributed by atoms with E-state index in [1.165, 1.54) is 26.2 Å². The Balaban J connectivity index is 1.30. The normalized spacial score (nSPS) is 20.3. The number of likely N-dealkylation sites (tertiary alicyclic amines) is 2. The van der Waals surface area contributed by atoms with Crippen molar-refractivity contribution in [2.75, 3.05) is 31.5 Å². The maximum atomic E-state index is 14.2. The third-order valence-electron chi connectivity index (χ3n) is 9.08. The number of carbonyl (C=O) groups is 3. The van der Waals surface area contributed by atoms with Crippen LogP contribution in [-0.4, -0.2) is 84.4 Å². The van der Waals surface area contributed by atoms with Gasteiger partial charge in [0.05, 0.1) is 5.52 Å². The molecule has 2 atom stereocenters. The summed E-state index contributed by atoms with van der Waals surface area (Å²) < 4.78 is 2.20. The monoisotopic (exact) mass is 686 g/mol. The summed E-state index contributed by atoms with van der Waals surface area (Å²) >= 11 is 3.40. The van der Waals surface area contributed by atoms with Crippen molar-refractivity contribution in [3.05, 3.63) is 64.4 Å². The van der Waals surface area contributed by atoms with Crippen LogP contribution in [0.2, 0.25) is 0 Å². The fourth-order valence-corrected chi connectivity index (χ4v) is 7.07. The van der Waals surface area contributed by atoms with Gasteiger partial charge in [-0.15, -0.1) is 0 Å². The Kier molecular flexibility index (Phi) is 9.02. The van der Waals surface area contributed by atoms with Crippen molar-refractivity contribution in [2.24, 2.45) is 5.41 Å². The Bertz CT molecular complexity index is 1800. The van der Waals surface area contributed by atoms with Crippen LogP contribution in [0.25, 0.3) is 22.0 Å². The second kappa shape index (κ2) is 13.0. The quantitative estimate of drug-likeness (QED) is 0.198. The number of benzene rings is 1. The Labute approximate surface area is 276 Å². The molecule has 46 heavy (non-hydrogen) atoms. The number of amides is 2. The fourth-order valence-electron chi connectivity index (χ4n) is 6.76. The molecule has 2 saturated heterocycles. The van der Waals surface area contributed by atoms with Crippen LogP contribution in [0.4, 0.5) is 5.82 Å². The standard InChI is InChI=1S/C34H39BrN8O3/c1-21-8-11-29(35)38-32(21)39-33(46)28-15-34(4,19-41-12-6-5-7-13-41)20-42(28)30(45)18-43-27-10-9-24(25-16-36-23(3)37-17-25)14-26(27)31(40-43)22(2)44/h8-11,14,16-17,28H,5-7,12-13,15,18-20H2,1-4H3,(H,38,39,46). The first-order valence-electron chi connectivity index (χ1n) is 15.8. The van der Waals surface area contributed by atoms with Crippen molar-refractivity contribution >= 4 is 50.2 Å². The second-order valence-corrected chi connectivity index (χ2v) is 13.8. The zero-order valence-corrected chi connectivity index (χ0v) is 28.3. The molecule has 1 N–H and O–H groups in total. The van der Waals surface area contributed by atoms with Crippen molar-refractivity contribution < 1.29 is 14.4 Å². The number of ketones is 1. The van der Waals surface area contributed by atoms with Crippen molar-refractivity contribution in [3.63, 3.8) is 0 Å². The van der Waals surface area contributed by atoms with Gasteiger partial charge in [0.15, 0.2) is 5.78 Å². The van der Waals surface area contributed by atoms with Crippen LogP contribution in [0.5, 0.6) is 0 Å². The van der Waals surface area contributed by atoms with Gasteiger partial charge in [-0.2, -0.15) is 5.10 Å². The van der Waals surface area contributed by atoms with Gasteiger partial charge in [0.2, 0.25) is 11.8 Å². The van der Waals surface area contributed by atoms with Gasteiger partial charge in [-0.05, 0) is 91.5 Å². The zero-order chi connectivity index (χ0) is 32.6. The minimum Gasteiger partial charge on any atom is -0.328 e. The average Bonchev–Trinajstić information content (AvgIpc) is 3.57. The van der Waals surface area contributed by atoms with Crippen LogP contribution >= 0.6 is 15.9 Å². The number of hydrogen-bond acceptors (Lipinski definition) is 8. The summed E-state index contributed by atoms with van der Waals surface area (Å²) in [6.45, 7) is 10.6. The van der Waals surface area contributed by atoms with E-state index in [4.69, 9.17) is 0 Å². The van der Waals surface area contributed by atoms with Crippen LogP contribution in [0.1, 0.15) is 61.4 Å². The van der Waals surface area contributed by atoms with Gasteiger partial charge in [-0.1, -0.05) is 25.5 Å². The van der Waals surface area contributed by atoms with E-state index < -0.39 is 6.04 Å². The summed E-state index contributed by atoms with van der Waals surface area (Å²) in [6.07, 6.45) is 7.60. The van der Waals surface area contributed by atoms with Gasteiger partial charge in [-0.3, -0.25) is 19.1 Å². The van der Waals surface area contributed by atoms with Crippen molar-refractivity contribution in [1.82, 2.24) is 34.5 Å². The molecule has 2 amide bonds. The predicted molar refractivity (Wildman–Crippen MR) is 179 cm³/mol. The molecule has 3 aromatic heterocycles. The molecule has 5 heterocycles. The summed E-state index contributed by atoms with van der Waals surface area (Å²) in [5.41, 5.74) is 3.19. The smallest absolute Gasteiger partial charge is 0.248 e. The summed E-state index contributed by atoms with van der Waals surface area (Å²) in [5, 5.41) is 8.25. The lowest BCUT2D eigenvalue weighted by Crippen LogP contribution is -2.45. The molecule has 2 aliphatic heterocycles. The molecule has 1 aromatic carbocycles. The fraction of sp³-hybridized carbons (Fsp3) is 0.441. The van der Waals surface area contributed by atoms with Gasteiger partial charge < -0.3 is 15.1 Å². The molecule has 2 unspecified atom stereocenters. The molecule has 12 heteroatoms. The van der Waals surface area contributed by atoms with E-state index in [2.05, 4.69) is 53.1 Å². The molecule has 0 bridgehead atoms. The maximum Gasteiger partial charge on any atom is 0.248 e. The highest BCUT2D eigenvalue weighted by Crippen LogP contribution is 2.37. The van der Waals surface area contributed by atoms with Gasteiger partial charge in [0, 0.05) is 48.8 Å². The van der Waals surface area contributed by atoms with Crippen molar-refractivity contribution in [2.45, 2.75) is 66.0 Å². The predicted octanol–water partition coefficient (Wildman–Crippen LogP) is 5.20. The van der Waals surface area contributed by atoms with E-state index in [9.17, 15) is 14.4 Å². The number of nitrogens with zero attached hydrogens (tertiary/aromatic N) is 7. The van der Waals surface area contributed by atoms with Gasteiger partial charge in [0.1, 0.15) is 34.5 Å². The largest absolute Gasteiger partial charge is 0.328 e. The number of nitrogens with one attached hydrogen (secondary N) is 1. The first-order valence-corrected chi connectivity index (χ1v) is 16.6. The van der Waals surface area contributed by atoms with Crippen LogP contribution < -0.4 is 5.32 Å². The number of hydrogen-bond donors (Lipinski definition) is 1. The van der Waals surface area contributed by atoms with Gasteiger partial charge >= 0.3 is 0 Å². The minimum absolute atomic E-state index is 0.103.